The summed E-state index contributed by atoms with van der Waals surface area (Å²) in [6, 6.07) is 1.76. The van der Waals surface area contributed by atoms with E-state index in [0.29, 0.717) is 0 Å². The molecule has 0 aliphatic heterocycles. The zero-order valence-electron chi connectivity index (χ0n) is 10.3. The number of nitrogens with one attached hydrogen (secondary N) is 1. The molecule has 0 bridgehead atoms. The molecule has 1 aromatic rings. The van der Waals surface area contributed by atoms with Gasteiger partial charge in [-0.2, -0.15) is 0 Å². The molecular weight excluding hydrogens is 308 g/mol. The van der Waals surface area contributed by atoms with Crippen molar-refractivity contribution >= 4 is 35.1 Å². The number of carboxylic acid groups (broad SMARTS) is 2. The van der Waals surface area contributed by atoms with Crippen molar-refractivity contribution in [1.82, 2.24) is 5.32 Å². The van der Waals surface area contributed by atoms with Crippen LogP contribution in [-0.2, 0) is 9.59 Å². The molecule has 1 atom stereocenters. The molecule has 1 rings (SSSR count). The van der Waals surface area contributed by atoms with Crippen molar-refractivity contribution in [3.05, 3.63) is 38.9 Å². The summed E-state index contributed by atoms with van der Waals surface area (Å²) in [6.45, 7) is 0. The van der Waals surface area contributed by atoms with Gasteiger partial charge in [0.1, 0.15) is 11.6 Å². The lowest BCUT2D eigenvalue weighted by Crippen LogP contribution is -2.42. The summed E-state index contributed by atoms with van der Waals surface area (Å²) in [5, 5.41) is 29.9. The maximum Gasteiger partial charge on any atom is 0.326 e. The molecule has 21 heavy (non-hydrogen) atoms. The molecule has 0 fully saturated rings. The first-order valence-corrected chi connectivity index (χ1v) is 5.80. The summed E-state index contributed by atoms with van der Waals surface area (Å²) in [5.74, 6) is -4.17. The quantitative estimate of drug-likeness (QED) is 0.521. The van der Waals surface area contributed by atoms with Gasteiger partial charge in [-0.25, -0.2) is 4.79 Å². The molecule has 9 nitrogen and oxygen atoms in total. The Bertz CT molecular complexity index is 617. The number of benzene rings is 1. The molecule has 0 aromatic heterocycles. The van der Waals surface area contributed by atoms with E-state index >= 15 is 0 Å². The monoisotopic (exact) mass is 316 g/mol. The summed E-state index contributed by atoms with van der Waals surface area (Å²) in [6.07, 6.45) is -0.876. The fourth-order valence-corrected chi connectivity index (χ4v) is 1.75. The van der Waals surface area contributed by atoms with Crippen LogP contribution in [0, 0.1) is 10.1 Å². The fraction of sp³-hybridized carbons (Fsp3) is 0.182. The van der Waals surface area contributed by atoms with Gasteiger partial charge in [-0.3, -0.25) is 19.7 Å². The second kappa shape index (κ2) is 6.66. The molecular formula is C11H9ClN2O7. The van der Waals surface area contributed by atoms with E-state index in [4.69, 9.17) is 21.8 Å². The molecule has 0 heterocycles. The summed E-state index contributed by atoms with van der Waals surface area (Å²) < 4.78 is 0. The Morgan fingerprint density at radius 3 is 2.43 bits per heavy atom. The highest BCUT2D eigenvalue weighted by Gasteiger charge is 2.28. The Labute approximate surface area is 122 Å². The van der Waals surface area contributed by atoms with Crippen LogP contribution in [0.5, 0.6) is 0 Å². The number of rotatable bonds is 6. The number of nitro benzene ring substituents is 1. The van der Waals surface area contributed by atoms with Crippen LogP contribution in [0.4, 0.5) is 5.69 Å². The Morgan fingerprint density at radius 1 is 1.33 bits per heavy atom. The van der Waals surface area contributed by atoms with Crippen LogP contribution in [0.2, 0.25) is 5.02 Å². The predicted octanol–water partition coefficient (Wildman–Crippen LogP) is 0.906. The molecule has 0 saturated heterocycles. The fourth-order valence-electron chi connectivity index (χ4n) is 1.49. The average Bonchev–Trinajstić information content (AvgIpc) is 2.36. The van der Waals surface area contributed by atoms with Gasteiger partial charge < -0.3 is 15.5 Å². The van der Waals surface area contributed by atoms with Gasteiger partial charge in [-0.1, -0.05) is 17.7 Å². The van der Waals surface area contributed by atoms with Gasteiger partial charge in [0.05, 0.1) is 16.4 Å². The molecule has 10 heteroatoms. The van der Waals surface area contributed by atoms with E-state index in [9.17, 15) is 24.5 Å². The van der Waals surface area contributed by atoms with Gasteiger partial charge in [0.15, 0.2) is 0 Å². The molecule has 0 aliphatic rings. The zero-order chi connectivity index (χ0) is 16.2. The molecule has 0 radical (unpaired) electrons. The second-order valence-electron chi connectivity index (χ2n) is 3.85. The maximum atomic E-state index is 11.9. The second-order valence-corrected chi connectivity index (χ2v) is 4.26. The highest BCUT2D eigenvalue weighted by Crippen LogP contribution is 2.26. The van der Waals surface area contributed by atoms with Gasteiger partial charge in [0.25, 0.3) is 11.6 Å². The van der Waals surface area contributed by atoms with Crippen LogP contribution in [0.25, 0.3) is 0 Å². The van der Waals surface area contributed by atoms with E-state index in [1.807, 2.05) is 5.32 Å². The zero-order valence-corrected chi connectivity index (χ0v) is 11.0. The number of hydrogen-bond donors (Lipinski definition) is 3. The standard InChI is InChI=1S/C11H9ClN2O7/c12-5-2-1-3-7(14(20)21)9(5)10(17)13-6(11(18)19)4-8(15)16/h1-3,6H,4H2,(H,13,17)(H,15,16)(H,18,19). The summed E-state index contributed by atoms with van der Waals surface area (Å²) >= 11 is 5.71. The number of hydrogen-bond acceptors (Lipinski definition) is 5. The van der Waals surface area contributed by atoms with Crippen LogP contribution in [0.15, 0.2) is 18.2 Å². The third kappa shape index (κ3) is 4.14. The van der Waals surface area contributed by atoms with Crippen molar-refractivity contribution in [2.45, 2.75) is 12.5 Å². The molecule has 0 spiro atoms. The smallest absolute Gasteiger partial charge is 0.326 e. The minimum absolute atomic E-state index is 0.249. The number of carbonyl (C=O) groups is 3. The van der Waals surface area contributed by atoms with Crippen molar-refractivity contribution < 1.29 is 29.5 Å². The van der Waals surface area contributed by atoms with E-state index < -0.39 is 46.5 Å². The summed E-state index contributed by atoms with van der Waals surface area (Å²) in [7, 11) is 0. The minimum atomic E-state index is -1.73. The first kappa shape index (κ1) is 16.4. The number of aliphatic carboxylic acids is 2. The topological polar surface area (TPSA) is 147 Å². The van der Waals surface area contributed by atoms with E-state index in [1.165, 1.54) is 12.1 Å². The number of halogens is 1. The Balaban J connectivity index is 3.11. The lowest BCUT2D eigenvalue weighted by molar-refractivity contribution is -0.385. The molecule has 112 valence electrons. The van der Waals surface area contributed by atoms with Gasteiger partial charge in [-0.05, 0) is 6.07 Å². The van der Waals surface area contributed by atoms with Crippen molar-refractivity contribution in [2.75, 3.05) is 0 Å². The molecule has 1 aromatic carbocycles. The van der Waals surface area contributed by atoms with Crippen molar-refractivity contribution in [1.29, 1.82) is 0 Å². The van der Waals surface area contributed by atoms with Crippen molar-refractivity contribution in [2.24, 2.45) is 0 Å². The van der Waals surface area contributed by atoms with Crippen LogP contribution in [-0.4, -0.2) is 39.0 Å². The summed E-state index contributed by atoms with van der Waals surface area (Å²) in [5.41, 5.74) is -1.14. The average molecular weight is 317 g/mol. The first-order chi connectivity index (χ1) is 9.73. The van der Waals surface area contributed by atoms with Crippen LogP contribution in [0.3, 0.4) is 0 Å². The molecule has 3 N–H and O–H groups in total. The van der Waals surface area contributed by atoms with Gasteiger partial charge in [-0.15, -0.1) is 0 Å². The number of amides is 1. The summed E-state index contributed by atoms with van der Waals surface area (Å²) in [4.78, 5) is 43.3. The van der Waals surface area contributed by atoms with Gasteiger partial charge >= 0.3 is 11.9 Å². The van der Waals surface area contributed by atoms with E-state index in [2.05, 4.69) is 0 Å². The van der Waals surface area contributed by atoms with Crippen LogP contribution < -0.4 is 5.32 Å². The minimum Gasteiger partial charge on any atom is -0.481 e. The molecule has 1 unspecified atom stereocenters. The Hall–Kier alpha value is -2.68. The molecule has 0 saturated carbocycles. The normalized spacial score (nSPS) is 11.5. The predicted molar refractivity (Wildman–Crippen MR) is 69.2 cm³/mol. The third-order valence-electron chi connectivity index (χ3n) is 2.40. The van der Waals surface area contributed by atoms with Gasteiger partial charge in [0.2, 0.25) is 0 Å². The maximum absolute atomic E-state index is 11.9. The lowest BCUT2D eigenvalue weighted by Gasteiger charge is -2.13. The third-order valence-corrected chi connectivity index (χ3v) is 2.71. The van der Waals surface area contributed by atoms with Crippen molar-refractivity contribution in [3.8, 4) is 0 Å². The number of nitrogens with zero attached hydrogens (tertiary/aromatic N) is 1. The van der Waals surface area contributed by atoms with Crippen LogP contribution in [0.1, 0.15) is 16.8 Å². The first-order valence-electron chi connectivity index (χ1n) is 5.42. The highest BCUT2D eigenvalue weighted by molar-refractivity contribution is 6.34. The van der Waals surface area contributed by atoms with E-state index in [-0.39, 0.29) is 5.02 Å². The SMILES string of the molecule is O=C(O)CC(NC(=O)c1c(Cl)cccc1[N+](=O)[O-])C(=O)O. The van der Waals surface area contributed by atoms with Crippen molar-refractivity contribution in [3.63, 3.8) is 0 Å². The Kier molecular flexibility index (Phi) is 5.19. The van der Waals surface area contributed by atoms with E-state index in [0.717, 1.165) is 6.07 Å². The number of carboxylic acids is 2. The molecule has 1 amide bonds. The molecule has 0 aliphatic carbocycles. The van der Waals surface area contributed by atoms with E-state index in [1.54, 1.807) is 0 Å². The van der Waals surface area contributed by atoms with Crippen LogP contribution >= 0.6 is 11.6 Å². The lowest BCUT2D eigenvalue weighted by atomic mass is 10.1. The number of nitro groups is 1. The highest BCUT2D eigenvalue weighted by atomic mass is 35.5. The van der Waals surface area contributed by atoms with Gasteiger partial charge in [0, 0.05) is 6.07 Å². The largest absolute Gasteiger partial charge is 0.481 e. The number of carbonyl (C=O) groups excluding carboxylic acids is 1. The Morgan fingerprint density at radius 2 is 1.95 bits per heavy atom.